The van der Waals surface area contributed by atoms with Gasteiger partial charge in [0.05, 0.1) is 12.7 Å². The van der Waals surface area contributed by atoms with Crippen molar-refractivity contribution >= 4 is 5.78 Å². The number of carbonyl (C=O) groups is 1. The highest BCUT2D eigenvalue weighted by atomic mass is 16.5. The van der Waals surface area contributed by atoms with E-state index in [1.807, 2.05) is 24.3 Å². The first-order chi connectivity index (χ1) is 16.1. The Balaban J connectivity index is 1.05. The van der Waals surface area contributed by atoms with Crippen LogP contribution in [0.15, 0.2) is 107 Å². The van der Waals surface area contributed by atoms with Crippen LogP contribution in [-0.4, -0.2) is 18.5 Å². The number of hydrogen-bond donors (Lipinski definition) is 0. The van der Waals surface area contributed by atoms with Gasteiger partial charge in [-0.25, -0.2) is 0 Å². The highest BCUT2D eigenvalue weighted by molar-refractivity contribution is 5.99. The molecule has 2 fully saturated rings. The van der Waals surface area contributed by atoms with Crippen LogP contribution in [0.25, 0.3) is 0 Å². The fraction of sp³-hybridized carbons (Fsp3) is 0.387. The van der Waals surface area contributed by atoms with Gasteiger partial charge < -0.3 is 4.74 Å². The lowest BCUT2D eigenvalue weighted by Gasteiger charge is -2.22. The van der Waals surface area contributed by atoms with Crippen molar-refractivity contribution < 1.29 is 9.53 Å². The molecule has 0 saturated heterocycles. The third-order valence-electron chi connectivity index (χ3n) is 7.72. The molecule has 0 amide bonds. The van der Waals surface area contributed by atoms with Crippen molar-refractivity contribution in [2.24, 2.45) is 23.7 Å². The summed E-state index contributed by atoms with van der Waals surface area (Å²) in [7, 11) is 0. The molecule has 0 aromatic heterocycles. The van der Waals surface area contributed by atoms with Gasteiger partial charge in [-0.1, -0.05) is 66.8 Å². The average Bonchev–Trinajstić information content (AvgIpc) is 3.76. The number of Topliss-reactive ketones (excluding diaryl/α,β-unsaturated/α-hetero) is 1. The van der Waals surface area contributed by atoms with Gasteiger partial charge in [0.2, 0.25) is 0 Å². The Morgan fingerprint density at radius 3 is 2.52 bits per heavy atom. The predicted octanol–water partition coefficient (Wildman–Crippen LogP) is 6.68. The summed E-state index contributed by atoms with van der Waals surface area (Å²) < 4.78 is 6.37. The van der Waals surface area contributed by atoms with Crippen LogP contribution in [-0.2, 0) is 9.53 Å². The highest BCUT2D eigenvalue weighted by Gasteiger charge is 2.42. The lowest BCUT2D eigenvalue weighted by molar-refractivity contribution is -0.115. The molecular formula is C31H32O2. The lowest BCUT2D eigenvalue weighted by atomic mass is 9.81. The summed E-state index contributed by atoms with van der Waals surface area (Å²) in [5.41, 5.74) is 6.84. The van der Waals surface area contributed by atoms with Gasteiger partial charge in [-0.15, -0.1) is 0 Å². The SMILES string of the molecule is C=C1C=C(C(=O)CCC2=CC3C=C(COC(C4CC4)C4CC4)C=CC3=C2)C=C2C=CC=CC12. The van der Waals surface area contributed by atoms with E-state index in [-0.39, 0.29) is 11.7 Å². The third-order valence-corrected chi connectivity index (χ3v) is 7.72. The van der Waals surface area contributed by atoms with Crippen LogP contribution < -0.4 is 0 Å². The van der Waals surface area contributed by atoms with E-state index >= 15 is 0 Å². The summed E-state index contributed by atoms with van der Waals surface area (Å²) in [4.78, 5) is 12.9. The average molecular weight is 437 g/mol. The minimum Gasteiger partial charge on any atom is -0.373 e. The maximum atomic E-state index is 12.9. The Morgan fingerprint density at radius 1 is 0.939 bits per heavy atom. The van der Waals surface area contributed by atoms with Gasteiger partial charge in [-0.3, -0.25) is 4.79 Å². The summed E-state index contributed by atoms with van der Waals surface area (Å²) in [5, 5.41) is 0. The van der Waals surface area contributed by atoms with Crippen molar-refractivity contribution in [3.05, 3.63) is 107 Å². The van der Waals surface area contributed by atoms with Gasteiger partial charge in [0.1, 0.15) is 0 Å². The molecule has 6 rings (SSSR count). The fourth-order valence-corrected chi connectivity index (χ4v) is 5.54. The van der Waals surface area contributed by atoms with Crippen molar-refractivity contribution in [1.82, 2.24) is 0 Å². The molecule has 2 nitrogen and oxygen atoms in total. The van der Waals surface area contributed by atoms with Crippen LogP contribution in [0.3, 0.4) is 0 Å². The van der Waals surface area contributed by atoms with Gasteiger partial charge in [0.25, 0.3) is 0 Å². The zero-order valence-corrected chi connectivity index (χ0v) is 19.2. The molecule has 33 heavy (non-hydrogen) atoms. The van der Waals surface area contributed by atoms with Gasteiger partial charge in [-0.05, 0) is 78.4 Å². The van der Waals surface area contributed by atoms with Gasteiger partial charge in [0.15, 0.2) is 5.78 Å². The Hall–Kier alpha value is -2.71. The Kier molecular flexibility index (Phi) is 5.42. The number of allylic oxidation sites excluding steroid dienone is 15. The van der Waals surface area contributed by atoms with Crippen LogP contribution in [0.4, 0.5) is 0 Å². The largest absolute Gasteiger partial charge is 0.373 e. The molecule has 0 heterocycles. The molecule has 0 N–H and O–H groups in total. The summed E-state index contributed by atoms with van der Waals surface area (Å²) >= 11 is 0. The van der Waals surface area contributed by atoms with E-state index in [0.29, 0.717) is 18.4 Å². The smallest absolute Gasteiger partial charge is 0.163 e. The second kappa shape index (κ2) is 8.57. The number of rotatable bonds is 9. The molecule has 2 saturated carbocycles. The predicted molar refractivity (Wildman–Crippen MR) is 133 cm³/mol. The van der Waals surface area contributed by atoms with Crippen molar-refractivity contribution in [3.63, 3.8) is 0 Å². The first-order valence-corrected chi connectivity index (χ1v) is 12.6. The number of carbonyl (C=O) groups excluding carboxylic acids is 1. The Labute approximate surface area is 197 Å². The monoisotopic (exact) mass is 436 g/mol. The molecule has 2 unspecified atom stereocenters. The maximum Gasteiger partial charge on any atom is 0.163 e. The molecule has 0 aromatic rings. The normalized spacial score (nSPS) is 27.5. The Morgan fingerprint density at radius 2 is 1.73 bits per heavy atom. The van der Waals surface area contributed by atoms with Crippen molar-refractivity contribution in [3.8, 4) is 0 Å². The molecule has 2 heteroatoms. The van der Waals surface area contributed by atoms with E-state index in [1.165, 1.54) is 42.4 Å². The van der Waals surface area contributed by atoms with E-state index in [0.717, 1.165) is 41.6 Å². The van der Waals surface area contributed by atoms with E-state index in [2.05, 4.69) is 49.1 Å². The molecular weight excluding hydrogens is 404 g/mol. The van der Waals surface area contributed by atoms with E-state index in [9.17, 15) is 4.79 Å². The summed E-state index contributed by atoms with van der Waals surface area (Å²) in [6, 6.07) is 0. The first kappa shape index (κ1) is 20.9. The van der Waals surface area contributed by atoms with E-state index < -0.39 is 0 Å². The summed E-state index contributed by atoms with van der Waals surface area (Å²) in [6.07, 6.45) is 30.9. The Bertz CT molecular complexity index is 1110. The second-order valence-corrected chi connectivity index (χ2v) is 10.4. The molecule has 0 aromatic carbocycles. The lowest BCUT2D eigenvalue weighted by Crippen LogP contribution is -2.19. The standard InChI is InChI=1S/C31H32O2/c1-20-14-28(18-26-4-2-3-5-29(20)26)30(32)13-7-21-15-25-8-6-22(17-27(25)16-21)19-33-31(23-9-10-23)24-11-12-24/h2-6,8,14-18,23-24,27,29,31H,1,7,9-13,19H2. The highest BCUT2D eigenvalue weighted by Crippen LogP contribution is 2.46. The minimum atomic E-state index is 0.200. The second-order valence-electron chi connectivity index (χ2n) is 10.4. The minimum absolute atomic E-state index is 0.200. The number of ketones is 1. The molecule has 0 spiro atoms. The number of fused-ring (bicyclic) bond motifs is 2. The topological polar surface area (TPSA) is 26.3 Å². The van der Waals surface area contributed by atoms with Gasteiger partial charge in [-0.2, -0.15) is 0 Å². The van der Waals surface area contributed by atoms with E-state index in [4.69, 9.17) is 4.74 Å². The molecule has 168 valence electrons. The summed E-state index contributed by atoms with van der Waals surface area (Å²) in [6.45, 7) is 4.91. The van der Waals surface area contributed by atoms with Crippen LogP contribution in [0.5, 0.6) is 0 Å². The molecule has 6 aliphatic carbocycles. The van der Waals surface area contributed by atoms with Crippen molar-refractivity contribution in [2.45, 2.75) is 44.6 Å². The zero-order chi connectivity index (χ0) is 22.4. The molecule has 2 atom stereocenters. The van der Waals surface area contributed by atoms with E-state index in [1.54, 1.807) is 0 Å². The summed E-state index contributed by atoms with van der Waals surface area (Å²) in [5.74, 6) is 2.39. The van der Waals surface area contributed by atoms with Crippen LogP contribution in [0.1, 0.15) is 38.5 Å². The molecule has 0 radical (unpaired) electrons. The molecule has 6 aliphatic rings. The van der Waals surface area contributed by atoms with Crippen LogP contribution in [0, 0.1) is 23.7 Å². The number of hydrogen-bond acceptors (Lipinski definition) is 2. The fourth-order valence-electron chi connectivity index (χ4n) is 5.54. The third kappa shape index (κ3) is 4.54. The number of ether oxygens (including phenoxy) is 1. The molecule has 0 bridgehead atoms. The quantitative estimate of drug-likeness (QED) is 0.403. The van der Waals surface area contributed by atoms with Gasteiger partial charge >= 0.3 is 0 Å². The van der Waals surface area contributed by atoms with Gasteiger partial charge in [0, 0.05) is 23.8 Å². The van der Waals surface area contributed by atoms with Crippen molar-refractivity contribution in [2.75, 3.05) is 6.61 Å². The molecule has 0 aliphatic heterocycles. The van der Waals surface area contributed by atoms with Crippen molar-refractivity contribution in [1.29, 1.82) is 0 Å². The first-order valence-electron chi connectivity index (χ1n) is 12.6. The zero-order valence-electron chi connectivity index (χ0n) is 19.2. The maximum absolute atomic E-state index is 12.9. The van der Waals surface area contributed by atoms with Crippen LogP contribution in [0.2, 0.25) is 0 Å². The van der Waals surface area contributed by atoms with Crippen LogP contribution >= 0.6 is 0 Å².